The third-order valence-corrected chi connectivity index (χ3v) is 5.93. The third-order valence-electron chi connectivity index (χ3n) is 5.93. The molecule has 1 N–H and O–H groups in total. The van der Waals surface area contributed by atoms with Gasteiger partial charge < -0.3 is 4.98 Å². The van der Waals surface area contributed by atoms with Crippen molar-refractivity contribution < 1.29 is 0 Å². The van der Waals surface area contributed by atoms with Crippen LogP contribution in [0, 0.1) is 11.3 Å². The summed E-state index contributed by atoms with van der Waals surface area (Å²) in [6.45, 7) is 7.23. The van der Waals surface area contributed by atoms with E-state index in [0.29, 0.717) is 11.5 Å². The summed E-state index contributed by atoms with van der Waals surface area (Å²) in [7, 11) is 0. The highest BCUT2D eigenvalue weighted by molar-refractivity contribution is 5.80. The molecule has 0 radical (unpaired) electrons. The number of piperidine rings is 1. The van der Waals surface area contributed by atoms with Gasteiger partial charge in [0.15, 0.2) is 0 Å². The molecule has 3 atom stereocenters. The minimum absolute atomic E-state index is 0.470. The summed E-state index contributed by atoms with van der Waals surface area (Å²) in [6, 6.07) is 11.5. The van der Waals surface area contributed by atoms with Crippen molar-refractivity contribution in [3.8, 4) is 0 Å². The largest absolute Gasteiger partial charge is 0.358 e. The van der Waals surface area contributed by atoms with Crippen molar-refractivity contribution in [3.63, 3.8) is 0 Å². The van der Waals surface area contributed by atoms with Crippen molar-refractivity contribution in [2.45, 2.75) is 39.2 Å². The van der Waals surface area contributed by atoms with Crippen molar-refractivity contribution in [2.75, 3.05) is 13.1 Å². The fourth-order valence-corrected chi connectivity index (χ4v) is 4.50. The Hall–Kier alpha value is -1.54. The van der Waals surface area contributed by atoms with Gasteiger partial charge in [-0.15, -0.1) is 0 Å². The highest BCUT2D eigenvalue weighted by atomic mass is 15.2. The zero-order chi connectivity index (χ0) is 15.2. The number of benzene rings is 1. The van der Waals surface area contributed by atoms with Crippen LogP contribution in [-0.2, 0) is 6.42 Å². The highest BCUT2D eigenvalue weighted by Crippen LogP contribution is 2.45. The molecule has 3 unspecified atom stereocenters. The van der Waals surface area contributed by atoms with Crippen LogP contribution in [0.15, 0.2) is 42.5 Å². The molecule has 116 valence electrons. The first-order chi connectivity index (χ1) is 10.7. The monoisotopic (exact) mass is 294 g/mol. The van der Waals surface area contributed by atoms with Gasteiger partial charge in [0.1, 0.15) is 0 Å². The zero-order valence-electron chi connectivity index (χ0n) is 13.7. The number of fused-ring (bicyclic) bond motifs is 3. The summed E-state index contributed by atoms with van der Waals surface area (Å²) >= 11 is 0. The molecular formula is C20H26N2. The van der Waals surface area contributed by atoms with E-state index in [-0.39, 0.29) is 0 Å². The van der Waals surface area contributed by atoms with Gasteiger partial charge in [0.25, 0.3) is 0 Å². The van der Waals surface area contributed by atoms with Crippen molar-refractivity contribution in [1.29, 1.82) is 0 Å². The third kappa shape index (κ3) is 2.30. The van der Waals surface area contributed by atoms with E-state index in [1.807, 2.05) is 0 Å². The molecule has 1 aliphatic carbocycles. The van der Waals surface area contributed by atoms with Gasteiger partial charge in [-0.1, -0.05) is 44.2 Å². The predicted molar refractivity (Wildman–Crippen MR) is 93.0 cm³/mol. The molecule has 0 spiro atoms. The molecule has 1 aromatic carbocycles. The Bertz CT molecular complexity index is 666. The van der Waals surface area contributed by atoms with E-state index in [9.17, 15) is 0 Å². The van der Waals surface area contributed by atoms with Crippen molar-refractivity contribution >= 4 is 10.9 Å². The number of nitrogens with zero attached hydrogens (tertiary/aromatic N) is 1. The van der Waals surface area contributed by atoms with Crippen LogP contribution in [0.4, 0.5) is 0 Å². The normalized spacial score (nSPS) is 31.2. The molecule has 1 fully saturated rings. The molecule has 2 aromatic rings. The molecule has 1 saturated heterocycles. The van der Waals surface area contributed by atoms with Crippen LogP contribution in [-0.4, -0.2) is 29.0 Å². The number of aromatic nitrogens is 1. The van der Waals surface area contributed by atoms with E-state index < -0.39 is 0 Å². The van der Waals surface area contributed by atoms with Gasteiger partial charge in [-0.25, -0.2) is 0 Å². The fourth-order valence-electron chi connectivity index (χ4n) is 4.50. The Morgan fingerprint density at radius 1 is 1.27 bits per heavy atom. The van der Waals surface area contributed by atoms with Crippen LogP contribution in [0.2, 0.25) is 0 Å². The van der Waals surface area contributed by atoms with Crippen LogP contribution in [0.25, 0.3) is 10.9 Å². The number of para-hydroxylation sites is 1. The lowest BCUT2D eigenvalue weighted by atomic mass is 9.65. The predicted octanol–water partition coefficient (Wildman–Crippen LogP) is 4.39. The summed E-state index contributed by atoms with van der Waals surface area (Å²) in [5, 5.41) is 1.33. The molecule has 1 aromatic heterocycles. The quantitative estimate of drug-likeness (QED) is 0.829. The molecular weight excluding hydrogens is 268 g/mol. The molecule has 22 heavy (non-hydrogen) atoms. The topological polar surface area (TPSA) is 19.0 Å². The number of hydrogen-bond donors (Lipinski definition) is 1. The minimum Gasteiger partial charge on any atom is -0.358 e. The Labute approximate surface area is 133 Å². The number of rotatable bonds is 4. The smallest absolute Gasteiger partial charge is 0.0456 e. The summed E-state index contributed by atoms with van der Waals surface area (Å²) < 4.78 is 0. The summed E-state index contributed by atoms with van der Waals surface area (Å²) in [5.74, 6) is 0.762. The molecule has 5 rings (SSSR count). The Morgan fingerprint density at radius 3 is 2.91 bits per heavy atom. The number of aromatic amines is 1. The lowest BCUT2D eigenvalue weighted by Gasteiger charge is -2.52. The average Bonchev–Trinajstić information content (AvgIpc) is 2.96. The van der Waals surface area contributed by atoms with Gasteiger partial charge in [0, 0.05) is 36.8 Å². The van der Waals surface area contributed by atoms with E-state index in [1.165, 1.54) is 36.0 Å². The van der Waals surface area contributed by atoms with E-state index in [4.69, 9.17) is 0 Å². The fraction of sp³-hybridized carbons (Fsp3) is 0.500. The van der Waals surface area contributed by atoms with Gasteiger partial charge in [0.05, 0.1) is 0 Å². The number of H-pyrrole nitrogens is 1. The standard InChI is InChI=1S/C20H26N2/c1-3-20(2)13-15-8-9-19(20)22(14-15)11-10-17-12-16-6-4-5-7-18(16)21-17/h4-9,12,15,19,21H,3,10-11,13-14H2,1-2H3. The Kier molecular flexibility index (Phi) is 3.37. The molecule has 3 heterocycles. The summed E-state index contributed by atoms with van der Waals surface area (Å²) in [6.07, 6.45) is 8.70. The van der Waals surface area contributed by atoms with Crippen LogP contribution >= 0.6 is 0 Å². The first-order valence-electron chi connectivity index (χ1n) is 8.67. The van der Waals surface area contributed by atoms with Gasteiger partial charge in [-0.3, -0.25) is 4.90 Å². The maximum atomic E-state index is 3.57. The van der Waals surface area contributed by atoms with Crippen LogP contribution in [0.5, 0.6) is 0 Å². The van der Waals surface area contributed by atoms with E-state index in [0.717, 1.165) is 18.9 Å². The average molecular weight is 294 g/mol. The molecule has 2 heteroatoms. The Balaban J connectivity index is 1.48. The molecule has 2 bridgehead atoms. The van der Waals surface area contributed by atoms with Crippen LogP contribution < -0.4 is 0 Å². The van der Waals surface area contributed by atoms with Gasteiger partial charge in [0.2, 0.25) is 0 Å². The van der Waals surface area contributed by atoms with Gasteiger partial charge in [-0.05, 0) is 41.7 Å². The summed E-state index contributed by atoms with van der Waals surface area (Å²) in [5.41, 5.74) is 3.10. The van der Waals surface area contributed by atoms with Crippen molar-refractivity contribution in [2.24, 2.45) is 11.3 Å². The van der Waals surface area contributed by atoms with E-state index in [1.54, 1.807) is 0 Å². The van der Waals surface area contributed by atoms with Gasteiger partial charge in [-0.2, -0.15) is 0 Å². The zero-order valence-corrected chi connectivity index (χ0v) is 13.7. The first-order valence-corrected chi connectivity index (χ1v) is 8.67. The SMILES string of the molecule is CCC1(C)CC2C=CC1N(CCc1cc3ccccc3[nH]1)C2. The minimum atomic E-state index is 0.470. The van der Waals surface area contributed by atoms with Gasteiger partial charge >= 0.3 is 0 Å². The highest BCUT2D eigenvalue weighted by Gasteiger charge is 2.44. The second-order valence-electron chi connectivity index (χ2n) is 7.43. The number of nitrogens with one attached hydrogen (secondary N) is 1. The number of hydrogen-bond acceptors (Lipinski definition) is 1. The summed E-state index contributed by atoms with van der Waals surface area (Å²) in [4.78, 5) is 6.28. The molecule has 2 aliphatic heterocycles. The van der Waals surface area contributed by atoms with E-state index in [2.05, 4.69) is 66.2 Å². The van der Waals surface area contributed by atoms with Crippen LogP contribution in [0.3, 0.4) is 0 Å². The first kappa shape index (κ1) is 14.1. The van der Waals surface area contributed by atoms with E-state index >= 15 is 0 Å². The molecule has 0 saturated carbocycles. The molecule has 0 amide bonds. The molecule has 2 nitrogen and oxygen atoms in total. The second-order valence-corrected chi connectivity index (χ2v) is 7.43. The lowest BCUT2D eigenvalue weighted by molar-refractivity contribution is 0.0166. The van der Waals surface area contributed by atoms with Crippen molar-refractivity contribution in [1.82, 2.24) is 9.88 Å². The Morgan fingerprint density at radius 2 is 2.14 bits per heavy atom. The maximum absolute atomic E-state index is 3.57. The second kappa shape index (κ2) is 5.27. The van der Waals surface area contributed by atoms with Crippen LogP contribution in [0.1, 0.15) is 32.4 Å². The molecule has 3 aliphatic rings. The van der Waals surface area contributed by atoms with Crippen molar-refractivity contribution in [3.05, 3.63) is 48.2 Å². The lowest BCUT2D eigenvalue weighted by Crippen LogP contribution is -2.55. The maximum Gasteiger partial charge on any atom is 0.0456 e.